The van der Waals surface area contributed by atoms with E-state index in [1.165, 1.54) is 11.0 Å². The predicted octanol–water partition coefficient (Wildman–Crippen LogP) is 4.48. The average molecular weight is 529 g/mol. The van der Waals surface area contributed by atoms with Gasteiger partial charge in [-0.2, -0.15) is 0 Å². The van der Waals surface area contributed by atoms with Crippen LogP contribution in [0, 0.1) is 0 Å². The van der Waals surface area contributed by atoms with Gasteiger partial charge in [-0.3, -0.25) is 13.9 Å². The van der Waals surface area contributed by atoms with Gasteiger partial charge in [-0.05, 0) is 57.0 Å². The van der Waals surface area contributed by atoms with Crippen LogP contribution in [0.15, 0.2) is 48.5 Å². The molecule has 0 aliphatic rings. The Morgan fingerprint density at radius 1 is 1.06 bits per heavy atom. The highest BCUT2D eigenvalue weighted by atomic mass is 35.5. The monoisotopic (exact) mass is 527 g/mol. The number of benzene rings is 2. The zero-order valence-electron chi connectivity index (χ0n) is 20.0. The van der Waals surface area contributed by atoms with Crippen molar-refractivity contribution in [1.29, 1.82) is 0 Å². The molecule has 34 heavy (non-hydrogen) atoms. The second kappa shape index (κ2) is 11.4. The second-order valence-corrected chi connectivity index (χ2v) is 11.8. The van der Waals surface area contributed by atoms with Crippen LogP contribution < -0.4 is 9.62 Å². The van der Waals surface area contributed by atoms with Crippen LogP contribution in [0.3, 0.4) is 0 Å². The highest BCUT2D eigenvalue weighted by Gasteiger charge is 2.33. The van der Waals surface area contributed by atoms with E-state index < -0.39 is 34.1 Å². The molecule has 0 unspecified atom stereocenters. The molecule has 0 bridgehead atoms. The van der Waals surface area contributed by atoms with E-state index in [2.05, 4.69) is 5.32 Å². The number of amides is 2. The molecule has 0 spiro atoms. The summed E-state index contributed by atoms with van der Waals surface area (Å²) in [4.78, 5) is 28.1. The number of anilines is 1. The van der Waals surface area contributed by atoms with Crippen molar-refractivity contribution in [2.24, 2.45) is 0 Å². The highest BCUT2D eigenvalue weighted by molar-refractivity contribution is 7.92. The minimum Gasteiger partial charge on any atom is -0.350 e. The minimum atomic E-state index is -3.83. The molecule has 7 nitrogen and oxygen atoms in total. The third kappa shape index (κ3) is 7.89. The number of sulfonamides is 1. The third-order valence-electron chi connectivity index (χ3n) is 4.96. The summed E-state index contributed by atoms with van der Waals surface area (Å²) < 4.78 is 26.2. The maximum Gasteiger partial charge on any atom is 0.244 e. The number of halogens is 2. The Kier molecular flexibility index (Phi) is 9.39. The summed E-state index contributed by atoms with van der Waals surface area (Å²) in [6.45, 7) is 6.89. The normalized spacial score (nSPS) is 12.7. The highest BCUT2D eigenvalue weighted by Crippen LogP contribution is 2.24. The summed E-state index contributed by atoms with van der Waals surface area (Å²) in [6.07, 6.45) is 1.34. The Labute approximate surface area is 212 Å². The minimum absolute atomic E-state index is 0.0434. The predicted molar refractivity (Wildman–Crippen MR) is 138 cm³/mol. The van der Waals surface area contributed by atoms with Gasteiger partial charge < -0.3 is 10.2 Å². The van der Waals surface area contributed by atoms with Crippen LogP contribution in [-0.4, -0.2) is 49.5 Å². The quantitative estimate of drug-likeness (QED) is 0.520. The van der Waals surface area contributed by atoms with Crippen molar-refractivity contribution in [3.63, 3.8) is 0 Å². The molecule has 1 atom stereocenters. The summed E-state index contributed by atoms with van der Waals surface area (Å²) >= 11 is 12.4. The maximum absolute atomic E-state index is 13.6. The molecule has 0 radical (unpaired) electrons. The number of nitrogens with zero attached hydrogens (tertiary/aromatic N) is 2. The molecule has 1 N–H and O–H groups in total. The van der Waals surface area contributed by atoms with Gasteiger partial charge in [0.2, 0.25) is 21.8 Å². The van der Waals surface area contributed by atoms with E-state index in [0.29, 0.717) is 22.0 Å². The van der Waals surface area contributed by atoms with Gasteiger partial charge >= 0.3 is 0 Å². The molecule has 0 aliphatic carbocycles. The van der Waals surface area contributed by atoms with Crippen LogP contribution in [0.5, 0.6) is 0 Å². The molecule has 0 aromatic heterocycles. The van der Waals surface area contributed by atoms with Crippen molar-refractivity contribution in [1.82, 2.24) is 10.2 Å². The van der Waals surface area contributed by atoms with Crippen LogP contribution >= 0.6 is 23.2 Å². The van der Waals surface area contributed by atoms with Crippen LogP contribution in [-0.2, 0) is 26.2 Å². The first-order chi connectivity index (χ1) is 15.7. The van der Waals surface area contributed by atoms with E-state index in [4.69, 9.17) is 23.2 Å². The maximum atomic E-state index is 13.6. The first-order valence-electron chi connectivity index (χ1n) is 10.8. The first kappa shape index (κ1) is 28.0. The topological polar surface area (TPSA) is 86.8 Å². The Hall–Kier alpha value is -2.29. The SMILES string of the molecule is CC[C@@H](C(=O)NC(C)(C)C)N(Cc1ccccc1Cl)C(=O)CN(c1cccc(Cl)c1)S(C)(=O)=O. The molecule has 0 saturated carbocycles. The Bertz CT molecular complexity index is 1130. The summed E-state index contributed by atoms with van der Waals surface area (Å²) in [5.41, 5.74) is 0.393. The first-order valence-corrected chi connectivity index (χ1v) is 13.4. The van der Waals surface area contributed by atoms with Crippen molar-refractivity contribution in [2.75, 3.05) is 17.1 Å². The van der Waals surface area contributed by atoms with E-state index in [1.807, 2.05) is 20.8 Å². The molecular formula is C24H31Cl2N3O4S. The number of nitrogens with one attached hydrogen (secondary N) is 1. The fraction of sp³-hybridized carbons (Fsp3) is 0.417. The average Bonchev–Trinajstić information content (AvgIpc) is 2.70. The van der Waals surface area contributed by atoms with E-state index in [9.17, 15) is 18.0 Å². The van der Waals surface area contributed by atoms with Crippen molar-refractivity contribution < 1.29 is 18.0 Å². The van der Waals surface area contributed by atoms with Gasteiger partial charge in [0, 0.05) is 22.1 Å². The molecule has 2 aromatic rings. The number of hydrogen-bond donors (Lipinski definition) is 1. The number of carbonyl (C=O) groups is 2. The lowest BCUT2D eigenvalue weighted by molar-refractivity contribution is -0.141. The van der Waals surface area contributed by atoms with Gasteiger partial charge in [0.05, 0.1) is 11.9 Å². The van der Waals surface area contributed by atoms with Crippen LogP contribution in [0.2, 0.25) is 10.0 Å². The van der Waals surface area contributed by atoms with E-state index in [1.54, 1.807) is 49.4 Å². The van der Waals surface area contributed by atoms with Gasteiger partial charge in [-0.25, -0.2) is 8.42 Å². The largest absolute Gasteiger partial charge is 0.350 e. The molecule has 2 amide bonds. The summed E-state index contributed by atoms with van der Waals surface area (Å²) in [5, 5.41) is 3.69. The molecule has 2 rings (SSSR count). The second-order valence-electron chi connectivity index (χ2n) is 9.03. The van der Waals surface area contributed by atoms with Crippen LogP contribution in [0.4, 0.5) is 5.69 Å². The summed E-state index contributed by atoms with van der Waals surface area (Å²) in [5.74, 6) is -0.870. The van der Waals surface area contributed by atoms with Gasteiger partial charge in [0.1, 0.15) is 12.6 Å². The number of hydrogen-bond acceptors (Lipinski definition) is 4. The standard InChI is InChI=1S/C24H31Cl2N3O4S/c1-6-21(23(31)27-24(2,3)4)28(15-17-10-7-8-13-20(17)26)22(30)16-29(34(5,32)33)19-12-9-11-18(25)14-19/h7-14,21H,6,15-16H2,1-5H3,(H,27,31)/t21-/m0/s1. The van der Waals surface area contributed by atoms with Crippen LogP contribution in [0.1, 0.15) is 39.7 Å². The lowest BCUT2D eigenvalue weighted by Gasteiger charge is -2.34. The van der Waals surface area contributed by atoms with Gasteiger partial charge in [-0.15, -0.1) is 0 Å². The van der Waals surface area contributed by atoms with E-state index in [0.717, 1.165) is 10.6 Å². The van der Waals surface area contributed by atoms with Crippen LogP contribution in [0.25, 0.3) is 0 Å². The van der Waals surface area contributed by atoms with Gasteiger partial charge in [0.25, 0.3) is 0 Å². The van der Waals surface area contributed by atoms with E-state index >= 15 is 0 Å². The molecule has 10 heteroatoms. The lowest BCUT2D eigenvalue weighted by atomic mass is 10.1. The van der Waals surface area contributed by atoms with Gasteiger partial charge in [-0.1, -0.05) is 54.4 Å². The smallest absolute Gasteiger partial charge is 0.244 e. The van der Waals surface area contributed by atoms with Crippen molar-refractivity contribution in [2.45, 2.75) is 52.2 Å². The van der Waals surface area contributed by atoms with E-state index in [-0.39, 0.29) is 18.1 Å². The van der Waals surface area contributed by atoms with Gasteiger partial charge in [0.15, 0.2) is 0 Å². The molecular weight excluding hydrogens is 497 g/mol. The van der Waals surface area contributed by atoms with Crippen molar-refractivity contribution in [3.05, 3.63) is 64.1 Å². The number of carbonyl (C=O) groups excluding carboxylic acids is 2. The summed E-state index contributed by atoms with van der Waals surface area (Å²) in [6, 6.07) is 12.4. The number of rotatable bonds is 9. The molecule has 0 heterocycles. The molecule has 2 aromatic carbocycles. The fourth-order valence-electron chi connectivity index (χ4n) is 3.43. The molecule has 0 fully saturated rings. The summed E-state index contributed by atoms with van der Waals surface area (Å²) in [7, 11) is -3.83. The molecule has 0 saturated heterocycles. The third-order valence-corrected chi connectivity index (χ3v) is 6.70. The van der Waals surface area contributed by atoms with Crippen molar-refractivity contribution in [3.8, 4) is 0 Å². The molecule has 0 aliphatic heterocycles. The van der Waals surface area contributed by atoms with Crippen molar-refractivity contribution >= 4 is 50.7 Å². The zero-order chi connectivity index (χ0) is 25.7. The lowest BCUT2D eigenvalue weighted by Crippen LogP contribution is -2.55. The Morgan fingerprint density at radius 2 is 1.71 bits per heavy atom. The Morgan fingerprint density at radius 3 is 2.24 bits per heavy atom. The Balaban J connectivity index is 2.48. The zero-order valence-corrected chi connectivity index (χ0v) is 22.3. The molecule has 186 valence electrons. The fourth-order valence-corrected chi connectivity index (χ4v) is 4.65.